The topological polar surface area (TPSA) is 65.4 Å². The number of ether oxygens (including phenoxy) is 2. The van der Waals surface area contributed by atoms with Crippen molar-refractivity contribution in [1.29, 1.82) is 0 Å². The van der Waals surface area contributed by atoms with E-state index in [0.29, 0.717) is 18.7 Å². The minimum atomic E-state index is -0.0623. The largest absolute Gasteiger partial charge is 0.497 e. The predicted octanol–water partition coefficient (Wildman–Crippen LogP) is 5.31. The molecule has 0 saturated carbocycles. The minimum Gasteiger partial charge on any atom is -0.497 e. The molecule has 0 saturated heterocycles. The number of hydrogen-bond acceptors (Lipinski definition) is 4. The maximum Gasteiger partial charge on any atom is 0.246 e. The number of rotatable bonds is 14. The van der Waals surface area contributed by atoms with Gasteiger partial charge in [0.2, 0.25) is 5.91 Å². The van der Waals surface area contributed by atoms with Crippen molar-refractivity contribution in [1.82, 2.24) is 14.9 Å². The van der Waals surface area contributed by atoms with Crippen LogP contribution < -0.4 is 14.8 Å². The summed E-state index contributed by atoms with van der Waals surface area (Å²) in [4.78, 5) is 16.4. The molecule has 0 unspecified atom stereocenters. The second-order valence-corrected chi connectivity index (χ2v) is 8.25. The lowest BCUT2D eigenvalue weighted by Crippen LogP contribution is -2.24. The second kappa shape index (κ2) is 12.7. The molecule has 0 aliphatic carbocycles. The van der Waals surface area contributed by atoms with Gasteiger partial charge in [-0.05, 0) is 69.0 Å². The van der Waals surface area contributed by atoms with Crippen LogP contribution >= 0.6 is 0 Å². The van der Waals surface area contributed by atoms with Crippen LogP contribution in [0, 0.1) is 0 Å². The highest BCUT2D eigenvalue weighted by Gasteiger charge is 2.10. The van der Waals surface area contributed by atoms with Crippen LogP contribution in [0.3, 0.4) is 0 Å². The maximum atomic E-state index is 11.6. The third-order valence-corrected chi connectivity index (χ3v) is 5.59. The van der Waals surface area contributed by atoms with Crippen molar-refractivity contribution in [3.8, 4) is 11.5 Å². The molecular formula is C27H35N3O3. The molecule has 1 N–H and O–H groups in total. The summed E-state index contributed by atoms with van der Waals surface area (Å²) < 4.78 is 13.4. The first-order valence-corrected chi connectivity index (χ1v) is 11.7. The third kappa shape index (κ3) is 7.38. The zero-order valence-electron chi connectivity index (χ0n) is 19.8. The molecule has 3 rings (SSSR count). The summed E-state index contributed by atoms with van der Waals surface area (Å²) in [6, 6.07) is 16.0. The first kappa shape index (κ1) is 24.4. The minimum absolute atomic E-state index is 0.0623. The first-order chi connectivity index (χ1) is 16.1. The van der Waals surface area contributed by atoms with Gasteiger partial charge in [-0.15, -0.1) is 0 Å². The number of fused-ring (bicyclic) bond motifs is 1. The summed E-state index contributed by atoms with van der Waals surface area (Å²) in [5.41, 5.74) is 2.80. The van der Waals surface area contributed by atoms with Crippen LogP contribution in [-0.4, -0.2) is 35.7 Å². The number of carbonyl (C=O) groups excluding carboxylic acids is 1. The van der Waals surface area contributed by atoms with Crippen molar-refractivity contribution in [3.05, 3.63) is 66.5 Å². The molecule has 2 aromatic carbocycles. The van der Waals surface area contributed by atoms with Gasteiger partial charge in [0.25, 0.3) is 0 Å². The van der Waals surface area contributed by atoms with E-state index in [4.69, 9.17) is 14.5 Å². The molecule has 1 amide bonds. The molecule has 0 aliphatic rings. The molecule has 1 aromatic heterocycles. The molecule has 6 heteroatoms. The lowest BCUT2D eigenvalue weighted by Gasteiger charge is -2.11. The third-order valence-electron chi connectivity index (χ3n) is 5.59. The Bertz CT molecular complexity index is 1040. The zero-order chi connectivity index (χ0) is 23.5. The van der Waals surface area contributed by atoms with Crippen molar-refractivity contribution in [3.63, 3.8) is 0 Å². The lowest BCUT2D eigenvalue weighted by atomic mass is 10.2. The SMILES string of the molecule is C=C(C)C(=O)NCCCCCc1nc2ccccc2n1CCCCOc1ccc(OC)cc1. The van der Waals surface area contributed by atoms with Crippen LogP contribution in [0.2, 0.25) is 0 Å². The van der Waals surface area contributed by atoms with Gasteiger partial charge in [0.15, 0.2) is 0 Å². The van der Waals surface area contributed by atoms with Gasteiger partial charge in [-0.3, -0.25) is 4.79 Å². The number of carbonyl (C=O) groups is 1. The van der Waals surface area contributed by atoms with E-state index < -0.39 is 0 Å². The lowest BCUT2D eigenvalue weighted by molar-refractivity contribution is -0.117. The fourth-order valence-corrected chi connectivity index (χ4v) is 3.74. The van der Waals surface area contributed by atoms with Crippen LogP contribution in [0.15, 0.2) is 60.7 Å². The number of para-hydroxylation sites is 2. The highest BCUT2D eigenvalue weighted by Crippen LogP contribution is 2.20. The molecule has 1 heterocycles. The van der Waals surface area contributed by atoms with Crippen LogP contribution in [0.1, 0.15) is 44.9 Å². The van der Waals surface area contributed by atoms with Crippen LogP contribution in [0.4, 0.5) is 0 Å². The fourth-order valence-electron chi connectivity index (χ4n) is 3.74. The number of unbranched alkanes of at least 4 members (excludes halogenated alkanes) is 3. The Labute approximate surface area is 196 Å². The van der Waals surface area contributed by atoms with Gasteiger partial charge >= 0.3 is 0 Å². The maximum absolute atomic E-state index is 11.6. The summed E-state index contributed by atoms with van der Waals surface area (Å²) in [7, 11) is 1.66. The van der Waals surface area contributed by atoms with Crippen LogP contribution in [0.5, 0.6) is 11.5 Å². The molecule has 0 aliphatic heterocycles. The van der Waals surface area contributed by atoms with Gasteiger partial charge in [0, 0.05) is 25.1 Å². The van der Waals surface area contributed by atoms with Crippen molar-refractivity contribution in [2.24, 2.45) is 0 Å². The first-order valence-electron chi connectivity index (χ1n) is 11.7. The monoisotopic (exact) mass is 449 g/mol. The molecule has 33 heavy (non-hydrogen) atoms. The van der Waals surface area contributed by atoms with Crippen LogP contribution in [-0.2, 0) is 17.8 Å². The van der Waals surface area contributed by atoms with E-state index in [1.807, 2.05) is 30.3 Å². The Balaban J connectivity index is 1.45. The predicted molar refractivity (Wildman–Crippen MR) is 133 cm³/mol. The van der Waals surface area contributed by atoms with E-state index in [9.17, 15) is 4.79 Å². The van der Waals surface area contributed by atoms with E-state index >= 15 is 0 Å². The average molecular weight is 450 g/mol. The van der Waals surface area contributed by atoms with Crippen molar-refractivity contribution < 1.29 is 14.3 Å². The van der Waals surface area contributed by atoms with Crippen molar-refractivity contribution in [2.45, 2.75) is 52.0 Å². The number of imidazole rings is 1. The van der Waals surface area contributed by atoms with Gasteiger partial charge in [-0.2, -0.15) is 0 Å². The Hall–Kier alpha value is -3.28. The average Bonchev–Trinajstić information content (AvgIpc) is 3.18. The van der Waals surface area contributed by atoms with Crippen molar-refractivity contribution in [2.75, 3.05) is 20.3 Å². The summed E-state index contributed by atoms with van der Waals surface area (Å²) in [5.74, 6) is 2.77. The molecule has 6 nitrogen and oxygen atoms in total. The van der Waals surface area contributed by atoms with Gasteiger partial charge in [0.1, 0.15) is 17.3 Å². The molecule has 0 fully saturated rings. The van der Waals surface area contributed by atoms with E-state index in [0.717, 1.165) is 67.9 Å². The summed E-state index contributed by atoms with van der Waals surface area (Å²) in [5, 5.41) is 2.89. The standard InChI is InChI=1S/C27H35N3O3/c1-21(2)27(31)28-18-8-4-5-13-26-29-24-11-6-7-12-25(24)30(26)19-9-10-20-33-23-16-14-22(32-3)15-17-23/h6-7,11-12,14-17H,1,4-5,8-10,13,18-20H2,2-3H3,(H,28,31). The summed E-state index contributed by atoms with van der Waals surface area (Å²) in [6.07, 6.45) is 5.99. The Morgan fingerprint density at radius 1 is 1.00 bits per heavy atom. The van der Waals surface area contributed by atoms with Crippen molar-refractivity contribution >= 4 is 16.9 Å². The fraction of sp³-hybridized carbons (Fsp3) is 0.407. The van der Waals surface area contributed by atoms with E-state index in [1.165, 1.54) is 5.52 Å². The molecule has 0 bridgehead atoms. The number of amides is 1. The highest BCUT2D eigenvalue weighted by molar-refractivity contribution is 5.92. The number of methoxy groups -OCH3 is 1. The Morgan fingerprint density at radius 2 is 1.76 bits per heavy atom. The quantitative estimate of drug-likeness (QED) is 0.268. The van der Waals surface area contributed by atoms with E-state index in [2.05, 4.69) is 34.7 Å². The molecular weight excluding hydrogens is 414 g/mol. The van der Waals surface area contributed by atoms with Gasteiger partial charge < -0.3 is 19.4 Å². The summed E-state index contributed by atoms with van der Waals surface area (Å²) >= 11 is 0. The van der Waals surface area contributed by atoms with Gasteiger partial charge in [0.05, 0.1) is 24.8 Å². The van der Waals surface area contributed by atoms with E-state index in [-0.39, 0.29) is 5.91 Å². The molecule has 0 spiro atoms. The number of nitrogens with zero attached hydrogens (tertiary/aromatic N) is 2. The molecule has 3 aromatic rings. The number of nitrogens with one attached hydrogen (secondary N) is 1. The normalized spacial score (nSPS) is 10.8. The zero-order valence-corrected chi connectivity index (χ0v) is 19.8. The number of benzene rings is 2. The molecule has 0 radical (unpaired) electrons. The molecule has 0 atom stereocenters. The molecule has 176 valence electrons. The number of aromatic nitrogens is 2. The summed E-state index contributed by atoms with van der Waals surface area (Å²) in [6.45, 7) is 7.69. The second-order valence-electron chi connectivity index (χ2n) is 8.25. The highest BCUT2D eigenvalue weighted by atomic mass is 16.5. The Kier molecular flexibility index (Phi) is 9.36. The van der Waals surface area contributed by atoms with Gasteiger partial charge in [-0.1, -0.05) is 25.1 Å². The van der Waals surface area contributed by atoms with E-state index in [1.54, 1.807) is 14.0 Å². The Morgan fingerprint density at radius 3 is 2.52 bits per heavy atom. The smallest absolute Gasteiger partial charge is 0.246 e. The number of aryl methyl sites for hydroxylation is 2. The van der Waals surface area contributed by atoms with Crippen LogP contribution in [0.25, 0.3) is 11.0 Å². The van der Waals surface area contributed by atoms with Gasteiger partial charge in [-0.25, -0.2) is 4.98 Å². The number of hydrogen-bond donors (Lipinski definition) is 1.